The first-order chi connectivity index (χ1) is 7.47. The number of aliphatic carboxylic acids is 1. The van der Waals surface area contributed by atoms with Crippen LogP contribution in [0.15, 0.2) is 12.1 Å². The maximum atomic E-state index is 13.6. The van der Waals surface area contributed by atoms with Crippen molar-refractivity contribution in [1.29, 1.82) is 0 Å². The van der Waals surface area contributed by atoms with Crippen molar-refractivity contribution in [1.82, 2.24) is 0 Å². The van der Waals surface area contributed by atoms with Gasteiger partial charge in [0.1, 0.15) is 6.04 Å². The van der Waals surface area contributed by atoms with E-state index in [0.29, 0.717) is 0 Å². The van der Waals surface area contributed by atoms with Crippen LogP contribution in [-0.2, 0) is 11.2 Å². The summed E-state index contributed by atoms with van der Waals surface area (Å²) in [5.74, 6) is -2.66. The highest BCUT2D eigenvalue weighted by Crippen LogP contribution is 2.31. The standard InChI is InChI=1S/C10H12FNO4/c1-16-9-7(13)3-2-5(8(9)11)4-6(12)10(14)15/h2-3,6,13H,4,12H2,1H3,(H,14,15). The highest BCUT2D eigenvalue weighted by atomic mass is 19.1. The minimum absolute atomic E-state index is 0.0875. The Morgan fingerprint density at radius 1 is 1.62 bits per heavy atom. The number of carboxylic acids is 1. The van der Waals surface area contributed by atoms with Crippen LogP contribution >= 0.6 is 0 Å². The number of ether oxygens (including phenoxy) is 1. The van der Waals surface area contributed by atoms with Crippen molar-refractivity contribution >= 4 is 5.97 Å². The predicted molar refractivity (Wildman–Crippen MR) is 53.9 cm³/mol. The van der Waals surface area contributed by atoms with E-state index in [0.717, 1.165) is 0 Å². The van der Waals surface area contributed by atoms with Crippen LogP contribution in [0.25, 0.3) is 0 Å². The molecule has 4 N–H and O–H groups in total. The second kappa shape index (κ2) is 4.80. The van der Waals surface area contributed by atoms with E-state index >= 15 is 0 Å². The molecule has 88 valence electrons. The average molecular weight is 229 g/mol. The highest BCUT2D eigenvalue weighted by molar-refractivity contribution is 5.73. The van der Waals surface area contributed by atoms with Gasteiger partial charge in [-0.1, -0.05) is 6.07 Å². The summed E-state index contributed by atoms with van der Waals surface area (Å²) in [7, 11) is 1.21. The largest absolute Gasteiger partial charge is 0.504 e. The second-order valence-electron chi connectivity index (χ2n) is 3.24. The van der Waals surface area contributed by atoms with Gasteiger partial charge in [-0.2, -0.15) is 0 Å². The molecule has 1 rings (SSSR count). The van der Waals surface area contributed by atoms with Crippen molar-refractivity contribution in [2.45, 2.75) is 12.5 Å². The lowest BCUT2D eigenvalue weighted by atomic mass is 10.1. The van der Waals surface area contributed by atoms with Crippen LogP contribution in [0.4, 0.5) is 4.39 Å². The first kappa shape index (κ1) is 12.3. The molecule has 0 aliphatic rings. The van der Waals surface area contributed by atoms with Crippen LogP contribution < -0.4 is 10.5 Å². The summed E-state index contributed by atoms with van der Waals surface area (Å²) in [6, 6.07) is 1.31. The van der Waals surface area contributed by atoms with Crippen molar-refractivity contribution in [3.8, 4) is 11.5 Å². The quantitative estimate of drug-likeness (QED) is 0.698. The molecule has 0 amide bonds. The summed E-state index contributed by atoms with van der Waals surface area (Å²) in [5.41, 5.74) is 5.36. The number of methoxy groups -OCH3 is 1. The fraction of sp³-hybridized carbons (Fsp3) is 0.300. The highest BCUT2D eigenvalue weighted by Gasteiger charge is 2.18. The van der Waals surface area contributed by atoms with Crippen LogP contribution in [0.1, 0.15) is 5.56 Å². The normalized spacial score (nSPS) is 12.2. The zero-order chi connectivity index (χ0) is 12.3. The van der Waals surface area contributed by atoms with E-state index in [1.807, 2.05) is 0 Å². The Kier molecular flexibility index (Phi) is 3.68. The maximum Gasteiger partial charge on any atom is 0.320 e. The number of nitrogens with two attached hydrogens (primary N) is 1. The van der Waals surface area contributed by atoms with Crippen molar-refractivity contribution in [2.75, 3.05) is 7.11 Å². The molecule has 0 saturated heterocycles. The van der Waals surface area contributed by atoms with E-state index in [2.05, 4.69) is 4.74 Å². The zero-order valence-electron chi connectivity index (χ0n) is 8.61. The lowest BCUT2D eigenvalue weighted by Gasteiger charge is -2.11. The van der Waals surface area contributed by atoms with Gasteiger partial charge < -0.3 is 20.7 Å². The number of rotatable bonds is 4. The number of phenols is 1. The SMILES string of the molecule is COc1c(O)ccc(CC(N)C(=O)O)c1F. The predicted octanol–water partition coefficient (Wildman–Crippen LogP) is 0.494. The third-order valence-electron chi connectivity index (χ3n) is 2.12. The summed E-state index contributed by atoms with van der Waals surface area (Å²) in [6.07, 6.45) is -0.169. The topological polar surface area (TPSA) is 92.8 Å². The molecule has 0 saturated carbocycles. The van der Waals surface area contributed by atoms with E-state index in [4.69, 9.17) is 10.8 Å². The van der Waals surface area contributed by atoms with E-state index in [9.17, 15) is 14.3 Å². The number of aromatic hydroxyl groups is 1. The van der Waals surface area contributed by atoms with Gasteiger partial charge in [-0.15, -0.1) is 0 Å². The molecule has 0 radical (unpaired) electrons. The molecule has 0 aromatic heterocycles. The van der Waals surface area contributed by atoms with Gasteiger partial charge in [-0.25, -0.2) is 4.39 Å². The third-order valence-corrected chi connectivity index (χ3v) is 2.12. The smallest absolute Gasteiger partial charge is 0.320 e. The fourth-order valence-corrected chi connectivity index (χ4v) is 1.26. The van der Waals surface area contributed by atoms with Crippen molar-refractivity contribution in [3.63, 3.8) is 0 Å². The summed E-state index contributed by atoms with van der Waals surface area (Å²) >= 11 is 0. The lowest BCUT2D eigenvalue weighted by Crippen LogP contribution is -2.32. The molecule has 0 spiro atoms. The molecule has 1 unspecified atom stereocenters. The molecule has 0 bridgehead atoms. The number of halogens is 1. The molecular weight excluding hydrogens is 217 g/mol. The molecule has 0 aliphatic carbocycles. The van der Waals surface area contributed by atoms with E-state index in [1.165, 1.54) is 19.2 Å². The Morgan fingerprint density at radius 3 is 2.75 bits per heavy atom. The summed E-state index contributed by atoms with van der Waals surface area (Å²) in [5, 5.41) is 17.8. The first-order valence-corrected chi connectivity index (χ1v) is 4.50. The van der Waals surface area contributed by atoms with Gasteiger partial charge in [0.25, 0.3) is 0 Å². The number of hydrogen-bond donors (Lipinski definition) is 3. The third kappa shape index (κ3) is 2.40. The monoisotopic (exact) mass is 229 g/mol. The average Bonchev–Trinajstić information content (AvgIpc) is 2.22. The fourth-order valence-electron chi connectivity index (χ4n) is 1.26. The zero-order valence-corrected chi connectivity index (χ0v) is 8.61. The summed E-state index contributed by atoms with van der Waals surface area (Å²) < 4.78 is 18.3. The van der Waals surface area contributed by atoms with Gasteiger partial charge in [0.2, 0.25) is 0 Å². The Bertz CT molecular complexity index is 408. The molecule has 1 aromatic carbocycles. The van der Waals surface area contributed by atoms with Crippen LogP contribution in [0.2, 0.25) is 0 Å². The summed E-state index contributed by atoms with van der Waals surface area (Å²) in [6.45, 7) is 0. The number of carbonyl (C=O) groups is 1. The van der Waals surface area contributed by atoms with Gasteiger partial charge in [-0.05, 0) is 11.6 Å². The molecule has 1 atom stereocenters. The van der Waals surface area contributed by atoms with Gasteiger partial charge >= 0.3 is 5.97 Å². The lowest BCUT2D eigenvalue weighted by molar-refractivity contribution is -0.138. The number of carboxylic acid groups (broad SMARTS) is 1. The van der Waals surface area contributed by atoms with Crippen LogP contribution in [0.3, 0.4) is 0 Å². The molecule has 0 fully saturated rings. The van der Waals surface area contributed by atoms with Crippen molar-refractivity contribution < 1.29 is 24.1 Å². The van der Waals surface area contributed by atoms with Crippen LogP contribution in [0.5, 0.6) is 11.5 Å². The molecule has 6 heteroatoms. The minimum atomic E-state index is -1.22. The van der Waals surface area contributed by atoms with E-state index in [1.54, 1.807) is 0 Å². The molecule has 0 heterocycles. The van der Waals surface area contributed by atoms with Crippen molar-refractivity contribution in [2.24, 2.45) is 5.73 Å². The molecular formula is C10H12FNO4. The van der Waals surface area contributed by atoms with Gasteiger partial charge in [0.15, 0.2) is 17.3 Å². The Labute approximate surface area is 91.3 Å². The van der Waals surface area contributed by atoms with Crippen LogP contribution in [-0.4, -0.2) is 29.3 Å². The van der Waals surface area contributed by atoms with E-state index < -0.39 is 17.8 Å². The molecule has 0 aliphatic heterocycles. The van der Waals surface area contributed by atoms with Crippen LogP contribution in [0, 0.1) is 5.82 Å². The Hall–Kier alpha value is -1.82. The Balaban J connectivity index is 3.02. The van der Waals surface area contributed by atoms with Crippen molar-refractivity contribution in [3.05, 3.63) is 23.5 Å². The Morgan fingerprint density at radius 2 is 2.25 bits per heavy atom. The maximum absolute atomic E-state index is 13.6. The summed E-state index contributed by atoms with van der Waals surface area (Å²) in [4.78, 5) is 10.5. The first-order valence-electron chi connectivity index (χ1n) is 4.50. The number of hydrogen-bond acceptors (Lipinski definition) is 4. The molecule has 1 aromatic rings. The van der Waals surface area contributed by atoms with E-state index in [-0.39, 0.29) is 23.5 Å². The molecule has 5 nitrogen and oxygen atoms in total. The van der Waals surface area contributed by atoms with Gasteiger partial charge in [0, 0.05) is 6.42 Å². The number of benzene rings is 1. The van der Waals surface area contributed by atoms with Gasteiger partial charge in [-0.3, -0.25) is 4.79 Å². The number of phenolic OH excluding ortho intramolecular Hbond substituents is 1. The minimum Gasteiger partial charge on any atom is -0.504 e. The molecule has 16 heavy (non-hydrogen) atoms. The van der Waals surface area contributed by atoms with Gasteiger partial charge in [0.05, 0.1) is 7.11 Å². The second-order valence-corrected chi connectivity index (χ2v) is 3.24.